The Morgan fingerprint density at radius 3 is 2.70 bits per heavy atom. The lowest BCUT2D eigenvalue weighted by Gasteiger charge is -2.17. The number of nitrogens with zero attached hydrogens (tertiary/aromatic N) is 1. The Kier molecular flexibility index (Phi) is 4.64. The summed E-state index contributed by atoms with van der Waals surface area (Å²) in [6.07, 6.45) is 0. The fourth-order valence-corrected chi connectivity index (χ4v) is 2.72. The Bertz CT molecular complexity index is 682. The van der Waals surface area contributed by atoms with E-state index in [4.69, 9.17) is 16.9 Å². The third kappa shape index (κ3) is 3.30. The van der Waals surface area contributed by atoms with Gasteiger partial charge in [0.1, 0.15) is 11.9 Å². The van der Waals surface area contributed by atoms with Crippen LogP contribution < -0.4 is 5.32 Å². The lowest BCUT2D eigenvalue weighted by atomic mass is 10.1. The molecule has 0 aromatic heterocycles. The average molecular weight is 354 g/mol. The van der Waals surface area contributed by atoms with Gasteiger partial charge in [-0.3, -0.25) is 0 Å². The minimum Gasteiger partial charge on any atom is -0.378 e. The highest BCUT2D eigenvalue weighted by atomic mass is 79.9. The highest BCUT2D eigenvalue weighted by Gasteiger charge is 2.11. The maximum absolute atomic E-state index is 13.3. The van der Waals surface area contributed by atoms with Crippen LogP contribution in [0.2, 0.25) is 5.02 Å². The molecular formula is C15H11BrClFN2. The summed E-state index contributed by atoms with van der Waals surface area (Å²) in [6, 6.07) is 11.8. The highest BCUT2D eigenvalue weighted by molar-refractivity contribution is 9.10. The Morgan fingerprint density at radius 2 is 2.05 bits per heavy atom. The number of rotatable bonds is 3. The summed E-state index contributed by atoms with van der Waals surface area (Å²) < 4.78 is 14.2. The number of hydrogen-bond donors (Lipinski definition) is 1. The maximum atomic E-state index is 13.3. The normalized spacial score (nSPS) is 11.8. The summed E-state index contributed by atoms with van der Waals surface area (Å²) in [6.45, 7) is 1.95. The van der Waals surface area contributed by atoms with Crippen LogP contribution in [-0.2, 0) is 0 Å². The zero-order valence-corrected chi connectivity index (χ0v) is 13.0. The van der Waals surface area contributed by atoms with Crippen molar-refractivity contribution in [2.45, 2.75) is 13.0 Å². The smallest absolute Gasteiger partial charge is 0.141 e. The number of benzene rings is 2. The molecule has 0 bridgehead atoms. The summed E-state index contributed by atoms with van der Waals surface area (Å²) in [5.74, 6) is -0.521. The van der Waals surface area contributed by atoms with Gasteiger partial charge in [-0.1, -0.05) is 33.6 Å². The molecule has 0 radical (unpaired) electrons. The first-order valence-electron chi connectivity index (χ1n) is 5.92. The minimum absolute atomic E-state index is 0.0177. The van der Waals surface area contributed by atoms with E-state index in [1.807, 2.05) is 31.2 Å². The summed E-state index contributed by atoms with van der Waals surface area (Å²) in [5.41, 5.74) is 1.62. The molecule has 0 fully saturated rings. The predicted molar refractivity (Wildman–Crippen MR) is 82.3 cm³/mol. The first kappa shape index (κ1) is 14.8. The Labute approximate surface area is 130 Å². The molecule has 0 amide bonds. The molecule has 2 rings (SSSR count). The standard InChI is InChI=1S/C15H11BrClFN2/c1-9(13-4-2-11(16)7-14(13)17)20-12-3-5-15(18)10(6-12)8-19/h2-7,9,20H,1H3. The largest absolute Gasteiger partial charge is 0.378 e. The van der Waals surface area contributed by atoms with Crippen molar-refractivity contribution in [2.75, 3.05) is 5.32 Å². The van der Waals surface area contributed by atoms with E-state index in [1.165, 1.54) is 12.1 Å². The van der Waals surface area contributed by atoms with Crippen molar-refractivity contribution in [2.24, 2.45) is 0 Å². The Hall–Kier alpha value is -1.57. The molecule has 20 heavy (non-hydrogen) atoms. The molecule has 0 saturated heterocycles. The topological polar surface area (TPSA) is 35.8 Å². The van der Waals surface area contributed by atoms with Gasteiger partial charge in [0.15, 0.2) is 0 Å². The van der Waals surface area contributed by atoms with Crippen molar-refractivity contribution in [1.82, 2.24) is 0 Å². The van der Waals surface area contributed by atoms with Crippen LogP contribution >= 0.6 is 27.5 Å². The van der Waals surface area contributed by atoms with E-state index in [-0.39, 0.29) is 11.6 Å². The van der Waals surface area contributed by atoms with Gasteiger partial charge in [0.2, 0.25) is 0 Å². The monoisotopic (exact) mass is 352 g/mol. The van der Waals surface area contributed by atoms with Crippen molar-refractivity contribution in [3.63, 3.8) is 0 Å². The van der Waals surface area contributed by atoms with Crippen LogP contribution in [0.1, 0.15) is 24.1 Å². The van der Waals surface area contributed by atoms with Crippen molar-refractivity contribution >= 4 is 33.2 Å². The molecule has 0 aliphatic heterocycles. The number of anilines is 1. The second-order valence-corrected chi connectivity index (χ2v) is 5.66. The van der Waals surface area contributed by atoms with E-state index >= 15 is 0 Å². The number of hydrogen-bond acceptors (Lipinski definition) is 2. The number of nitrogens with one attached hydrogen (secondary N) is 1. The summed E-state index contributed by atoms with van der Waals surface area (Å²) >= 11 is 9.55. The SMILES string of the molecule is CC(Nc1ccc(F)c(C#N)c1)c1ccc(Br)cc1Cl. The first-order chi connectivity index (χ1) is 9.51. The summed E-state index contributed by atoms with van der Waals surface area (Å²) in [4.78, 5) is 0. The molecule has 2 aromatic carbocycles. The van der Waals surface area contributed by atoms with Gasteiger partial charge in [-0.15, -0.1) is 0 Å². The minimum atomic E-state index is -0.521. The highest BCUT2D eigenvalue weighted by Crippen LogP contribution is 2.29. The van der Waals surface area contributed by atoms with E-state index in [1.54, 1.807) is 6.07 Å². The molecular weight excluding hydrogens is 343 g/mol. The van der Waals surface area contributed by atoms with Gasteiger partial charge in [0.05, 0.1) is 5.56 Å². The van der Waals surface area contributed by atoms with E-state index in [9.17, 15) is 4.39 Å². The van der Waals surface area contributed by atoms with E-state index in [0.717, 1.165) is 10.0 Å². The molecule has 2 aromatic rings. The van der Waals surface area contributed by atoms with Gasteiger partial charge in [-0.2, -0.15) is 5.26 Å². The quantitative estimate of drug-likeness (QED) is 0.814. The van der Waals surface area contributed by atoms with Crippen LogP contribution in [0.3, 0.4) is 0 Å². The second kappa shape index (κ2) is 6.25. The molecule has 1 atom stereocenters. The molecule has 5 heteroatoms. The molecule has 2 nitrogen and oxygen atoms in total. The Morgan fingerprint density at radius 1 is 1.30 bits per heavy atom. The van der Waals surface area contributed by atoms with Gasteiger partial charge in [0, 0.05) is 21.2 Å². The zero-order valence-electron chi connectivity index (χ0n) is 10.6. The Balaban J connectivity index is 2.23. The van der Waals surface area contributed by atoms with Crippen LogP contribution in [0, 0.1) is 17.1 Å². The molecule has 0 heterocycles. The maximum Gasteiger partial charge on any atom is 0.141 e. The molecule has 1 N–H and O–H groups in total. The van der Waals surface area contributed by atoms with Crippen molar-refractivity contribution in [3.8, 4) is 6.07 Å². The van der Waals surface area contributed by atoms with Gasteiger partial charge in [0.25, 0.3) is 0 Å². The third-order valence-corrected chi connectivity index (χ3v) is 3.72. The molecule has 0 saturated carbocycles. The van der Waals surface area contributed by atoms with Gasteiger partial charge < -0.3 is 5.32 Å². The molecule has 0 aliphatic rings. The summed E-state index contributed by atoms with van der Waals surface area (Å²) in [5, 5.41) is 12.7. The van der Waals surface area contributed by atoms with Crippen LogP contribution in [0.5, 0.6) is 0 Å². The van der Waals surface area contributed by atoms with Crippen LogP contribution in [0.15, 0.2) is 40.9 Å². The zero-order chi connectivity index (χ0) is 14.7. The fraction of sp³-hybridized carbons (Fsp3) is 0.133. The average Bonchev–Trinajstić information content (AvgIpc) is 2.40. The molecule has 0 aliphatic carbocycles. The van der Waals surface area contributed by atoms with Crippen molar-refractivity contribution in [3.05, 3.63) is 62.8 Å². The first-order valence-corrected chi connectivity index (χ1v) is 7.09. The van der Waals surface area contributed by atoms with Crippen LogP contribution in [0.25, 0.3) is 0 Å². The predicted octanol–water partition coefficient (Wildman–Crippen LogP) is 5.29. The second-order valence-electron chi connectivity index (χ2n) is 4.34. The third-order valence-electron chi connectivity index (χ3n) is 2.90. The van der Waals surface area contributed by atoms with Gasteiger partial charge >= 0.3 is 0 Å². The van der Waals surface area contributed by atoms with Crippen molar-refractivity contribution in [1.29, 1.82) is 5.26 Å². The fourth-order valence-electron chi connectivity index (χ4n) is 1.88. The molecule has 0 spiro atoms. The number of nitriles is 1. The van der Waals surface area contributed by atoms with Crippen LogP contribution in [-0.4, -0.2) is 0 Å². The number of halogens is 3. The summed E-state index contributed by atoms with van der Waals surface area (Å²) in [7, 11) is 0. The molecule has 102 valence electrons. The van der Waals surface area contributed by atoms with E-state index in [2.05, 4.69) is 21.2 Å². The molecule has 1 unspecified atom stereocenters. The van der Waals surface area contributed by atoms with E-state index in [0.29, 0.717) is 10.7 Å². The lowest BCUT2D eigenvalue weighted by molar-refractivity contribution is 0.624. The van der Waals surface area contributed by atoms with Crippen LogP contribution in [0.4, 0.5) is 10.1 Å². The van der Waals surface area contributed by atoms with E-state index < -0.39 is 5.82 Å². The lowest BCUT2D eigenvalue weighted by Crippen LogP contribution is -2.07. The van der Waals surface area contributed by atoms with Crippen molar-refractivity contribution < 1.29 is 4.39 Å². The van der Waals surface area contributed by atoms with Gasteiger partial charge in [-0.05, 0) is 42.8 Å². The van der Waals surface area contributed by atoms with Gasteiger partial charge in [-0.25, -0.2) is 4.39 Å².